The van der Waals surface area contributed by atoms with E-state index in [0.717, 1.165) is 5.75 Å². The molecule has 1 N–H and O–H groups in total. The van der Waals surface area contributed by atoms with Crippen molar-refractivity contribution in [3.05, 3.63) is 42.5 Å². The number of hydrogen-bond acceptors (Lipinski definition) is 7. The van der Waals surface area contributed by atoms with Crippen LogP contribution in [-0.2, 0) is 14.3 Å². The Hall–Kier alpha value is -3.42. The van der Waals surface area contributed by atoms with Gasteiger partial charge in [-0.25, -0.2) is 0 Å². The monoisotopic (exact) mass is 431 g/mol. The van der Waals surface area contributed by atoms with E-state index >= 15 is 0 Å². The van der Waals surface area contributed by atoms with Crippen molar-refractivity contribution >= 4 is 17.6 Å². The molecular weight excluding hydrogens is 402 g/mol. The molecule has 0 saturated carbocycles. The summed E-state index contributed by atoms with van der Waals surface area (Å²) in [6.45, 7) is 6.96. The third kappa shape index (κ3) is 8.46. The topological polar surface area (TPSA) is 92.3 Å². The van der Waals surface area contributed by atoms with Gasteiger partial charge in [-0.15, -0.1) is 0 Å². The van der Waals surface area contributed by atoms with Gasteiger partial charge in [0.2, 0.25) is 0 Å². The fourth-order valence-corrected chi connectivity index (χ4v) is 2.60. The van der Waals surface area contributed by atoms with Gasteiger partial charge in [0.25, 0.3) is 5.91 Å². The molecule has 0 spiro atoms. The molecule has 0 fully saturated rings. The Labute approximate surface area is 182 Å². The van der Waals surface area contributed by atoms with Crippen molar-refractivity contribution in [2.75, 3.05) is 38.4 Å². The second kappa shape index (κ2) is 13.0. The first-order valence-corrected chi connectivity index (χ1v) is 10.3. The lowest BCUT2D eigenvalue weighted by atomic mass is 10.2. The summed E-state index contributed by atoms with van der Waals surface area (Å²) in [6.07, 6.45) is 0.0258. The highest BCUT2D eigenvalue weighted by Gasteiger charge is 2.11. The predicted octanol–water partition coefficient (Wildman–Crippen LogP) is 3.83. The lowest BCUT2D eigenvalue weighted by Crippen LogP contribution is -2.21. The van der Waals surface area contributed by atoms with E-state index in [-0.39, 0.29) is 19.6 Å². The molecule has 8 nitrogen and oxygen atoms in total. The van der Waals surface area contributed by atoms with Gasteiger partial charge >= 0.3 is 5.97 Å². The van der Waals surface area contributed by atoms with Crippen LogP contribution in [0.15, 0.2) is 42.5 Å². The van der Waals surface area contributed by atoms with Crippen molar-refractivity contribution in [1.29, 1.82) is 0 Å². The normalized spacial score (nSPS) is 10.2. The number of esters is 1. The summed E-state index contributed by atoms with van der Waals surface area (Å²) in [6, 6.07) is 12.2. The molecule has 0 unspecified atom stereocenters. The van der Waals surface area contributed by atoms with Crippen molar-refractivity contribution in [2.24, 2.45) is 0 Å². The van der Waals surface area contributed by atoms with Crippen molar-refractivity contribution in [1.82, 2.24) is 0 Å². The minimum Gasteiger partial charge on any atom is -0.494 e. The second-order valence-electron chi connectivity index (χ2n) is 6.24. The molecule has 0 bridgehead atoms. The molecular formula is C23H29NO7. The Bertz CT molecular complexity index is 836. The summed E-state index contributed by atoms with van der Waals surface area (Å²) in [7, 11) is 0. The van der Waals surface area contributed by atoms with Crippen LogP contribution in [0.2, 0.25) is 0 Å². The lowest BCUT2D eigenvalue weighted by molar-refractivity contribution is -0.147. The smallest absolute Gasteiger partial charge is 0.309 e. The number of carbonyl (C=O) groups excluding carboxylic acids is 2. The Morgan fingerprint density at radius 1 is 0.774 bits per heavy atom. The van der Waals surface area contributed by atoms with Crippen LogP contribution in [-0.4, -0.2) is 44.9 Å². The average molecular weight is 431 g/mol. The maximum Gasteiger partial charge on any atom is 0.309 e. The molecule has 2 aromatic rings. The van der Waals surface area contributed by atoms with E-state index in [4.69, 9.17) is 23.7 Å². The van der Waals surface area contributed by atoms with Crippen LogP contribution in [0.4, 0.5) is 5.69 Å². The molecule has 0 radical (unpaired) electrons. The zero-order chi connectivity index (χ0) is 22.5. The highest BCUT2D eigenvalue weighted by molar-refractivity contribution is 5.93. The molecule has 0 aromatic heterocycles. The van der Waals surface area contributed by atoms with E-state index in [9.17, 15) is 9.59 Å². The minimum absolute atomic E-state index is 0.0258. The number of hydrogen-bond donors (Lipinski definition) is 1. The van der Waals surface area contributed by atoms with Crippen molar-refractivity contribution in [2.45, 2.75) is 27.2 Å². The fraction of sp³-hybridized carbons (Fsp3) is 0.391. The van der Waals surface area contributed by atoms with Gasteiger partial charge in [-0.2, -0.15) is 0 Å². The molecule has 0 aliphatic carbocycles. The van der Waals surface area contributed by atoms with Crippen LogP contribution < -0.4 is 24.3 Å². The zero-order valence-electron chi connectivity index (χ0n) is 18.1. The van der Waals surface area contributed by atoms with E-state index in [2.05, 4.69) is 5.32 Å². The van der Waals surface area contributed by atoms with E-state index in [0.29, 0.717) is 42.8 Å². The molecule has 8 heteroatoms. The van der Waals surface area contributed by atoms with Crippen LogP contribution in [0.5, 0.6) is 23.0 Å². The second-order valence-corrected chi connectivity index (χ2v) is 6.24. The van der Waals surface area contributed by atoms with Crippen molar-refractivity contribution in [3.8, 4) is 23.0 Å². The van der Waals surface area contributed by atoms with Gasteiger partial charge in [0.15, 0.2) is 18.1 Å². The Morgan fingerprint density at radius 3 is 2.03 bits per heavy atom. The highest BCUT2D eigenvalue weighted by Crippen LogP contribution is 2.30. The number of anilines is 1. The quantitative estimate of drug-likeness (QED) is 0.482. The van der Waals surface area contributed by atoms with E-state index < -0.39 is 11.9 Å². The first-order valence-electron chi connectivity index (χ1n) is 10.3. The third-order valence-corrected chi connectivity index (χ3v) is 3.90. The summed E-state index contributed by atoms with van der Waals surface area (Å²) in [5, 5.41) is 2.67. The highest BCUT2D eigenvalue weighted by atomic mass is 16.5. The average Bonchev–Trinajstić information content (AvgIpc) is 2.76. The molecule has 31 heavy (non-hydrogen) atoms. The van der Waals surface area contributed by atoms with Gasteiger partial charge in [-0.05, 0) is 57.2 Å². The van der Waals surface area contributed by atoms with Crippen molar-refractivity contribution < 1.29 is 33.3 Å². The Morgan fingerprint density at radius 2 is 1.39 bits per heavy atom. The number of carbonyl (C=O) groups is 2. The van der Waals surface area contributed by atoms with Crippen LogP contribution >= 0.6 is 0 Å². The minimum atomic E-state index is -0.525. The van der Waals surface area contributed by atoms with Gasteiger partial charge in [-0.1, -0.05) is 0 Å². The molecule has 168 valence electrons. The first-order chi connectivity index (χ1) is 15.0. The van der Waals surface area contributed by atoms with Gasteiger partial charge < -0.3 is 29.0 Å². The number of nitrogens with one attached hydrogen (secondary N) is 1. The summed E-state index contributed by atoms with van der Waals surface area (Å²) in [5.41, 5.74) is 0.520. The number of ether oxygens (including phenoxy) is 5. The molecule has 2 aromatic carbocycles. The van der Waals surface area contributed by atoms with E-state index in [1.165, 1.54) is 0 Å². The van der Waals surface area contributed by atoms with Crippen LogP contribution in [0.3, 0.4) is 0 Å². The largest absolute Gasteiger partial charge is 0.494 e. The standard InChI is InChI=1S/C23H29NO7/c1-4-27-18-8-10-19(11-9-18)30-14-13-23(26)31-16-22(25)24-17-7-12-20(28-5-2)21(15-17)29-6-3/h7-12,15H,4-6,13-14,16H2,1-3H3,(H,24,25). The molecule has 0 aliphatic heterocycles. The number of rotatable bonds is 13. The molecule has 0 atom stereocenters. The van der Waals surface area contributed by atoms with Gasteiger partial charge in [-0.3, -0.25) is 9.59 Å². The Kier molecular flexibility index (Phi) is 10.0. The molecule has 1 amide bonds. The first kappa shape index (κ1) is 23.9. The van der Waals surface area contributed by atoms with Crippen LogP contribution in [0.25, 0.3) is 0 Å². The SMILES string of the molecule is CCOc1ccc(OCCC(=O)OCC(=O)Nc2ccc(OCC)c(OCC)c2)cc1. The summed E-state index contributed by atoms with van der Waals surface area (Å²) in [4.78, 5) is 23.9. The summed E-state index contributed by atoms with van der Waals surface area (Å²) >= 11 is 0. The van der Waals surface area contributed by atoms with E-state index in [1.54, 1.807) is 42.5 Å². The third-order valence-electron chi connectivity index (χ3n) is 3.90. The number of amides is 1. The zero-order valence-corrected chi connectivity index (χ0v) is 18.1. The van der Waals surface area contributed by atoms with Crippen LogP contribution in [0, 0.1) is 0 Å². The predicted molar refractivity (Wildman–Crippen MR) is 116 cm³/mol. The van der Waals surface area contributed by atoms with Crippen molar-refractivity contribution in [3.63, 3.8) is 0 Å². The van der Waals surface area contributed by atoms with E-state index in [1.807, 2.05) is 20.8 Å². The molecule has 2 rings (SSSR count). The summed E-state index contributed by atoms with van der Waals surface area (Å²) in [5.74, 6) is 1.53. The maximum absolute atomic E-state index is 12.1. The molecule has 0 aliphatic rings. The van der Waals surface area contributed by atoms with Gasteiger partial charge in [0.1, 0.15) is 11.5 Å². The summed E-state index contributed by atoms with van der Waals surface area (Å²) < 4.78 is 26.9. The molecule has 0 saturated heterocycles. The fourth-order valence-electron chi connectivity index (χ4n) is 2.60. The lowest BCUT2D eigenvalue weighted by Gasteiger charge is -2.13. The molecule has 0 heterocycles. The van der Waals surface area contributed by atoms with Gasteiger partial charge in [0, 0.05) is 11.8 Å². The number of benzene rings is 2. The van der Waals surface area contributed by atoms with Gasteiger partial charge in [0.05, 0.1) is 32.8 Å². The van der Waals surface area contributed by atoms with Crippen LogP contribution in [0.1, 0.15) is 27.2 Å². The maximum atomic E-state index is 12.1. The Balaban J connectivity index is 1.72.